The van der Waals surface area contributed by atoms with Gasteiger partial charge in [-0.25, -0.2) is 8.42 Å². The molecule has 0 saturated heterocycles. The zero-order chi connectivity index (χ0) is 14.8. The lowest BCUT2D eigenvalue weighted by Gasteiger charge is -2.29. The molecule has 0 N–H and O–H groups in total. The molecule has 1 aliphatic rings. The molecule has 110 valence electrons. The summed E-state index contributed by atoms with van der Waals surface area (Å²) in [4.78, 5) is 13.8. The number of halogens is 1. The quantitative estimate of drug-likeness (QED) is 0.705. The Morgan fingerprint density at radius 2 is 2.05 bits per heavy atom. The monoisotopic (exact) mass is 407 g/mol. The molecular weight excluding hydrogens is 389 g/mol. The van der Waals surface area contributed by atoms with Crippen molar-refractivity contribution in [2.75, 3.05) is 23.0 Å². The maximum absolute atomic E-state index is 12.0. The standard InChI is InChI=1S/C14H18INO3S/c1-2-20(18,19)9-3-8-16-13-6-5-12(15)10-11(13)4-7-14(16)17/h5-6,10H,2-4,7-9H2,1H3. The van der Waals surface area contributed by atoms with E-state index in [1.165, 1.54) is 5.56 Å². The number of hydrogen-bond donors (Lipinski definition) is 0. The number of amides is 1. The Labute approximate surface area is 133 Å². The van der Waals surface area contributed by atoms with Crippen molar-refractivity contribution in [2.45, 2.75) is 26.2 Å². The van der Waals surface area contributed by atoms with Crippen LogP contribution in [0, 0.1) is 3.57 Å². The number of anilines is 1. The second kappa shape index (κ2) is 6.43. The van der Waals surface area contributed by atoms with Crippen LogP contribution in [0.5, 0.6) is 0 Å². The fourth-order valence-electron chi connectivity index (χ4n) is 2.36. The third kappa shape index (κ3) is 3.72. The Kier molecular flexibility index (Phi) is 5.06. The minimum atomic E-state index is -2.96. The van der Waals surface area contributed by atoms with Crippen molar-refractivity contribution in [1.82, 2.24) is 0 Å². The average Bonchev–Trinajstić information content (AvgIpc) is 2.41. The second-order valence-corrected chi connectivity index (χ2v) is 8.63. The van der Waals surface area contributed by atoms with E-state index in [2.05, 4.69) is 28.7 Å². The maximum atomic E-state index is 12.0. The summed E-state index contributed by atoms with van der Waals surface area (Å²) in [7, 11) is -2.96. The first-order valence-electron chi connectivity index (χ1n) is 6.72. The van der Waals surface area contributed by atoms with Gasteiger partial charge in [0.15, 0.2) is 0 Å². The molecule has 0 radical (unpaired) electrons. The van der Waals surface area contributed by atoms with Crippen molar-refractivity contribution >= 4 is 44.0 Å². The van der Waals surface area contributed by atoms with Gasteiger partial charge in [-0.2, -0.15) is 0 Å². The molecule has 1 aromatic carbocycles. The van der Waals surface area contributed by atoms with Crippen LogP contribution in [0.25, 0.3) is 0 Å². The lowest BCUT2D eigenvalue weighted by molar-refractivity contribution is -0.118. The van der Waals surface area contributed by atoms with Crippen LogP contribution in [0.3, 0.4) is 0 Å². The van der Waals surface area contributed by atoms with Gasteiger partial charge in [-0.05, 0) is 59.2 Å². The minimum Gasteiger partial charge on any atom is -0.312 e. The van der Waals surface area contributed by atoms with Crippen molar-refractivity contribution in [3.63, 3.8) is 0 Å². The van der Waals surface area contributed by atoms with E-state index in [1.807, 2.05) is 12.1 Å². The van der Waals surface area contributed by atoms with Crippen molar-refractivity contribution in [3.05, 3.63) is 27.3 Å². The van der Waals surface area contributed by atoms with Crippen LogP contribution in [-0.2, 0) is 21.1 Å². The van der Waals surface area contributed by atoms with Gasteiger partial charge in [-0.15, -0.1) is 0 Å². The van der Waals surface area contributed by atoms with Crippen LogP contribution in [0.4, 0.5) is 5.69 Å². The Morgan fingerprint density at radius 3 is 2.75 bits per heavy atom. The number of carbonyl (C=O) groups excluding carboxylic acids is 1. The first-order chi connectivity index (χ1) is 9.43. The summed E-state index contributed by atoms with van der Waals surface area (Å²) < 4.78 is 24.2. The van der Waals surface area contributed by atoms with Gasteiger partial charge in [0.1, 0.15) is 9.84 Å². The van der Waals surface area contributed by atoms with Gasteiger partial charge >= 0.3 is 0 Å². The molecule has 1 amide bonds. The van der Waals surface area contributed by atoms with Crippen molar-refractivity contribution in [1.29, 1.82) is 0 Å². The lowest BCUT2D eigenvalue weighted by Crippen LogP contribution is -2.36. The summed E-state index contributed by atoms with van der Waals surface area (Å²) in [5, 5.41) is 0. The highest BCUT2D eigenvalue weighted by Gasteiger charge is 2.24. The molecule has 0 bridgehead atoms. The van der Waals surface area contributed by atoms with Gasteiger partial charge in [-0.3, -0.25) is 4.79 Å². The van der Waals surface area contributed by atoms with E-state index in [0.29, 0.717) is 19.4 Å². The molecule has 6 heteroatoms. The molecule has 0 atom stereocenters. The largest absolute Gasteiger partial charge is 0.312 e. The molecule has 0 saturated carbocycles. The van der Waals surface area contributed by atoms with E-state index >= 15 is 0 Å². The zero-order valence-electron chi connectivity index (χ0n) is 11.4. The molecule has 1 aromatic rings. The third-order valence-corrected chi connectivity index (χ3v) is 5.98. The molecular formula is C14H18INO3S. The van der Waals surface area contributed by atoms with Gasteiger partial charge in [0.25, 0.3) is 0 Å². The van der Waals surface area contributed by atoms with Crippen LogP contribution in [0.1, 0.15) is 25.3 Å². The highest BCUT2D eigenvalue weighted by molar-refractivity contribution is 14.1. The van der Waals surface area contributed by atoms with E-state index in [4.69, 9.17) is 0 Å². The number of rotatable bonds is 5. The first-order valence-corrected chi connectivity index (χ1v) is 9.62. The van der Waals surface area contributed by atoms with Gasteiger partial charge in [0.2, 0.25) is 5.91 Å². The molecule has 1 heterocycles. The SMILES string of the molecule is CCS(=O)(=O)CCCN1C(=O)CCc2cc(I)ccc21. The number of aryl methyl sites for hydroxylation is 1. The zero-order valence-corrected chi connectivity index (χ0v) is 14.4. The maximum Gasteiger partial charge on any atom is 0.227 e. The lowest BCUT2D eigenvalue weighted by atomic mass is 10.0. The fraction of sp³-hybridized carbons (Fsp3) is 0.500. The topological polar surface area (TPSA) is 54.5 Å². The number of carbonyl (C=O) groups is 1. The molecule has 0 fully saturated rings. The molecule has 0 unspecified atom stereocenters. The number of fused-ring (bicyclic) bond motifs is 1. The molecule has 0 aromatic heterocycles. The summed E-state index contributed by atoms with van der Waals surface area (Å²) in [6, 6.07) is 6.04. The average molecular weight is 407 g/mol. The molecule has 2 rings (SSSR count). The normalized spacial score (nSPS) is 15.3. The number of sulfone groups is 1. The Bertz CT molecular complexity index is 613. The molecule has 0 spiro atoms. The van der Waals surface area contributed by atoms with Crippen LogP contribution in [0.15, 0.2) is 18.2 Å². The smallest absolute Gasteiger partial charge is 0.227 e. The van der Waals surface area contributed by atoms with Gasteiger partial charge < -0.3 is 4.90 Å². The molecule has 20 heavy (non-hydrogen) atoms. The molecule has 0 aliphatic carbocycles. The first kappa shape index (κ1) is 15.8. The van der Waals surface area contributed by atoms with E-state index in [0.717, 1.165) is 15.7 Å². The highest BCUT2D eigenvalue weighted by atomic mass is 127. The van der Waals surface area contributed by atoms with E-state index < -0.39 is 9.84 Å². The molecule has 4 nitrogen and oxygen atoms in total. The van der Waals surface area contributed by atoms with Crippen molar-refractivity contribution in [3.8, 4) is 0 Å². The van der Waals surface area contributed by atoms with Crippen LogP contribution in [0.2, 0.25) is 0 Å². The fourth-order valence-corrected chi connectivity index (χ4v) is 3.77. The number of hydrogen-bond acceptors (Lipinski definition) is 3. The summed E-state index contributed by atoms with van der Waals surface area (Å²) in [5.41, 5.74) is 2.12. The van der Waals surface area contributed by atoms with Crippen molar-refractivity contribution in [2.24, 2.45) is 0 Å². The minimum absolute atomic E-state index is 0.0904. The molecule has 1 aliphatic heterocycles. The van der Waals surface area contributed by atoms with Crippen LogP contribution in [-0.4, -0.2) is 32.4 Å². The van der Waals surface area contributed by atoms with E-state index in [-0.39, 0.29) is 17.4 Å². The van der Waals surface area contributed by atoms with Crippen LogP contribution < -0.4 is 4.90 Å². The summed E-state index contributed by atoms with van der Waals surface area (Å²) in [5.74, 6) is 0.399. The second-order valence-electron chi connectivity index (χ2n) is 4.91. The number of nitrogens with zero attached hydrogens (tertiary/aromatic N) is 1. The highest BCUT2D eigenvalue weighted by Crippen LogP contribution is 2.29. The van der Waals surface area contributed by atoms with Gasteiger partial charge in [-0.1, -0.05) is 6.92 Å². The predicted molar refractivity (Wildman–Crippen MR) is 88.8 cm³/mol. The van der Waals surface area contributed by atoms with Crippen molar-refractivity contribution < 1.29 is 13.2 Å². The Balaban J connectivity index is 2.10. The van der Waals surface area contributed by atoms with E-state index in [1.54, 1.807) is 11.8 Å². The number of benzene rings is 1. The predicted octanol–water partition coefficient (Wildman–Crippen LogP) is 2.40. The summed E-state index contributed by atoms with van der Waals surface area (Å²) in [6.07, 6.45) is 1.77. The Morgan fingerprint density at radius 1 is 1.30 bits per heavy atom. The van der Waals surface area contributed by atoms with E-state index in [9.17, 15) is 13.2 Å². The summed E-state index contributed by atoms with van der Waals surface area (Å²) >= 11 is 2.26. The summed E-state index contributed by atoms with van der Waals surface area (Å²) in [6.45, 7) is 2.13. The van der Waals surface area contributed by atoms with Crippen LogP contribution >= 0.6 is 22.6 Å². The third-order valence-electron chi connectivity index (χ3n) is 3.52. The van der Waals surface area contributed by atoms with Gasteiger partial charge in [0.05, 0.1) is 5.75 Å². The van der Waals surface area contributed by atoms with Gasteiger partial charge in [0, 0.05) is 28.0 Å². The Hall–Kier alpha value is -0.630.